The van der Waals surface area contributed by atoms with Crippen LogP contribution in [-0.4, -0.2) is 4.98 Å². The van der Waals surface area contributed by atoms with Gasteiger partial charge in [0.05, 0.1) is 12.1 Å². The number of hydrogen-bond donors (Lipinski definition) is 0. The molecule has 2 rings (SSSR count). The van der Waals surface area contributed by atoms with Gasteiger partial charge in [-0.2, -0.15) is 0 Å². The summed E-state index contributed by atoms with van der Waals surface area (Å²) in [6.45, 7) is 4.27. The fourth-order valence-electron chi connectivity index (χ4n) is 1.96. The molecule has 1 atom stereocenters. The number of para-hydroxylation sites is 1. The standard InChI is InChI=1S/C16H17ClFNO/c1-3-11(2)14-6-4-5-7-15(14)20-16-12(9-17)8-13(18)10-19-16/h4-8,10-11H,3,9H2,1-2H3. The zero-order valence-corrected chi connectivity index (χ0v) is 12.3. The van der Waals surface area contributed by atoms with Gasteiger partial charge < -0.3 is 4.74 Å². The van der Waals surface area contributed by atoms with Crippen LogP contribution in [0.5, 0.6) is 11.6 Å². The minimum absolute atomic E-state index is 0.158. The van der Waals surface area contributed by atoms with Gasteiger partial charge in [-0.05, 0) is 30.0 Å². The molecule has 0 fully saturated rings. The molecule has 106 valence electrons. The quantitative estimate of drug-likeness (QED) is 0.701. The normalized spacial score (nSPS) is 12.2. The Bertz CT molecular complexity index is 588. The van der Waals surface area contributed by atoms with E-state index in [2.05, 4.69) is 18.8 Å². The first kappa shape index (κ1) is 14.8. The summed E-state index contributed by atoms with van der Waals surface area (Å²) in [5.74, 6) is 1.23. The van der Waals surface area contributed by atoms with Crippen LogP contribution in [0.4, 0.5) is 4.39 Å². The maximum Gasteiger partial charge on any atom is 0.223 e. The van der Waals surface area contributed by atoms with Crippen molar-refractivity contribution in [3.63, 3.8) is 0 Å². The van der Waals surface area contributed by atoms with Crippen LogP contribution in [0, 0.1) is 5.82 Å². The third-order valence-electron chi connectivity index (χ3n) is 3.30. The van der Waals surface area contributed by atoms with Gasteiger partial charge in [0.25, 0.3) is 0 Å². The summed E-state index contributed by atoms with van der Waals surface area (Å²) in [7, 11) is 0. The molecule has 0 aliphatic rings. The lowest BCUT2D eigenvalue weighted by Gasteiger charge is -2.16. The first-order chi connectivity index (χ1) is 9.65. The van der Waals surface area contributed by atoms with Crippen LogP contribution in [0.2, 0.25) is 0 Å². The molecular weight excluding hydrogens is 277 g/mol. The van der Waals surface area contributed by atoms with Gasteiger partial charge in [-0.1, -0.05) is 32.0 Å². The smallest absolute Gasteiger partial charge is 0.223 e. The molecule has 2 nitrogen and oxygen atoms in total. The second-order valence-electron chi connectivity index (χ2n) is 4.70. The van der Waals surface area contributed by atoms with Crippen molar-refractivity contribution >= 4 is 11.6 Å². The van der Waals surface area contributed by atoms with Crippen molar-refractivity contribution in [2.75, 3.05) is 0 Å². The lowest BCUT2D eigenvalue weighted by atomic mass is 9.98. The van der Waals surface area contributed by atoms with Crippen molar-refractivity contribution < 1.29 is 9.13 Å². The Labute approximate surface area is 123 Å². The highest BCUT2D eigenvalue weighted by atomic mass is 35.5. The summed E-state index contributed by atoms with van der Waals surface area (Å²) < 4.78 is 19.0. The van der Waals surface area contributed by atoms with Gasteiger partial charge in [0.2, 0.25) is 5.88 Å². The highest BCUT2D eigenvalue weighted by Gasteiger charge is 2.13. The lowest BCUT2D eigenvalue weighted by molar-refractivity contribution is 0.444. The Hall–Kier alpha value is -1.61. The number of nitrogens with zero attached hydrogens (tertiary/aromatic N) is 1. The summed E-state index contributed by atoms with van der Waals surface area (Å²) >= 11 is 5.81. The van der Waals surface area contributed by atoms with E-state index in [9.17, 15) is 4.39 Å². The van der Waals surface area contributed by atoms with Gasteiger partial charge in [0, 0.05) is 5.56 Å². The van der Waals surface area contributed by atoms with E-state index in [0.29, 0.717) is 17.4 Å². The maximum absolute atomic E-state index is 13.2. The highest BCUT2D eigenvalue weighted by molar-refractivity contribution is 6.17. The Morgan fingerprint density at radius 2 is 2.10 bits per heavy atom. The van der Waals surface area contributed by atoms with E-state index in [1.165, 1.54) is 6.07 Å². The number of aromatic nitrogens is 1. The first-order valence-electron chi connectivity index (χ1n) is 6.62. The fourth-order valence-corrected chi connectivity index (χ4v) is 2.15. The molecule has 4 heteroatoms. The van der Waals surface area contributed by atoms with Crippen molar-refractivity contribution in [1.29, 1.82) is 0 Å². The minimum atomic E-state index is -0.414. The zero-order valence-electron chi connectivity index (χ0n) is 11.6. The largest absolute Gasteiger partial charge is 0.438 e. The van der Waals surface area contributed by atoms with Crippen LogP contribution in [-0.2, 0) is 5.88 Å². The van der Waals surface area contributed by atoms with Crippen LogP contribution in [0.1, 0.15) is 37.3 Å². The fraction of sp³-hybridized carbons (Fsp3) is 0.312. The van der Waals surface area contributed by atoms with Crippen molar-refractivity contribution in [3.8, 4) is 11.6 Å². The molecule has 0 aliphatic carbocycles. The van der Waals surface area contributed by atoms with Crippen LogP contribution in [0.3, 0.4) is 0 Å². The molecule has 20 heavy (non-hydrogen) atoms. The van der Waals surface area contributed by atoms with Crippen LogP contribution < -0.4 is 4.74 Å². The topological polar surface area (TPSA) is 22.1 Å². The zero-order chi connectivity index (χ0) is 14.5. The van der Waals surface area contributed by atoms with Gasteiger partial charge in [-0.25, -0.2) is 9.37 Å². The van der Waals surface area contributed by atoms with Crippen molar-refractivity contribution in [3.05, 3.63) is 53.5 Å². The van der Waals surface area contributed by atoms with Crippen LogP contribution in [0.15, 0.2) is 36.5 Å². The molecule has 0 radical (unpaired) electrons. The second-order valence-corrected chi connectivity index (χ2v) is 4.97. The van der Waals surface area contributed by atoms with E-state index in [0.717, 1.165) is 23.9 Å². The Morgan fingerprint density at radius 1 is 1.35 bits per heavy atom. The average molecular weight is 294 g/mol. The van der Waals surface area contributed by atoms with Crippen molar-refractivity contribution in [1.82, 2.24) is 4.98 Å². The Balaban J connectivity index is 2.35. The van der Waals surface area contributed by atoms with Crippen molar-refractivity contribution in [2.45, 2.75) is 32.1 Å². The number of alkyl halides is 1. The maximum atomic E-state index is 13.2. The predicted octanol–water partition coefficient (Wildman–Crippen LogP) is 5.27. The van der Waals surface area contributed by atoms with E-state index in [4.69, 9.17) is 16.3 Å². The number of pyridine rings is 1. The Kier molecular flexibility index (Phi) is 4.96. The second kappa shape index (κ2) is 6.71. The van der Waals surface area contributed by atoms with E-state index in [1.807, 2.05) is 24.3 Å². The number of halogens is 2. The molecule has 1 unspecified atom stereocenters. The molecule has 1 heterocycles. The van der Waals surface area contributed by atoms with E-state index >= 15 is 0 Å². The summed E-state index contributed by atoms with van der Waals surface area (Å²) in [6.07, 6.45) is 2.15. The van der Waals surface area contributed by atoms with E-state index in [1.54, 1.807) is 0 Å². The third-order valence-corrected chi connectivity index (χ3v) is 3.59. The minimum Gasteiger partial charge on any atom is -0.438 e. The molecule has 0 saturated heterocycles. The highest BCUT2D eigenvalue weighted by Crippen LogP contribution is 2.32. The van der Waals surface area contributed by atoms with E-state index in [-0.39, 0.29) is 5.88 Å². The van der Waals surface area contributed by atoms with Gasteiger partial charge in [0.15, 0.2) is 0 Å². The van der Waals surface area contributed by atoms with Gasteiger partial charge in [0.1, 0.15) is 11.6 Å². The lowest BCUT2D eigenvalue weighted by Crippen LogP contribution is -1.99. The SMILES string of the molecule is CCC(C)c1ccccc1Oc1ncc(F)cc1CCl. The van der Waals surface area contributed by atoms with Crippen molar-refractivity contribution in [2.24, 2.45) is 0 Å². The number of ether oxygens (including phenoxy) is 1. The number of benzene rings is 1. The Morgan fingerprint density at radius 3 is 2.80 bits per heavy atom. The van der Waals surface area contributed by atoms with E-state index < -0.39 is 5.82 Å². The summed E-state index contributed by atoms with van der Waals surface area (Å²) in [5.41, 5.74) is 1.66. The monoisotopic (exact) mass is 293 g/mol. The summed E-state index contributed by atoms with van der Waals surface area (Å²) in [4.78, 5) is 3.99. The molecule has 1 aromatic heterocycles. The molecular formula is C16H17ClFNO. The predicted molar refractivity (Wildman–Crippen MR) is 79.0 cm³/mol. The average Bonchev–Trinajstić information content (AvgIpc) is 2.48. The van der Waals surface area contributed by atoms with Crippen LogP contribution >= 0.6 is 11.6 Å². The first-order valence-corrected chi connectivity index (χ1v) is 7.16. The van der Waals surface area contributed by atoms with Gasteiger partial charge >= 0.3 is 0 Å². The molecule has 0 spiro atoms. The molecule has 0 N–H and O–H groups in total. The molecule has 2 aromatic rings. The van der Waals surface area contributed by atoms with Gasteiger partial charge in [-0.15, -0.1) is 11.6 Å². The summed E-state index contributed by atoms with van der Waals surface area (Å²) in [6, 6.07) is 9.17. The molecule has 0 bridgehead atoms. The van der Waals surface area contributed by atoms with Gasteiger partial charge in [-0.3, -0.25) is 0 Å². The third kappa shape index (κ3) is 3.28. The molecule has 0 amide bonds. The number of hydrogen-bond acceptors (Lipinski definition) is 2. The number of rotatable bonds is 5. The molecule has 0 saturated carbocycles. The summed E-state index contributed by atoms with van der Waals surface area (Å²) in [5, 5.41) is 0. The molecule has 0 aliphatic heterocycles. The molecule has 1 aromatic carbocycles. The van der Waals surface area contributed by atoms with Crippen LogP contribution in [0.25, 0.3) is 0 Å².